The minimum atomic E-state index is -4.62. The predicted molar refractivity (Wildman–Crippen MR) is 69.6 cm³/mol. The molecule has 1 aromatic rings. The van der Waals surface area contributed by atoms with Crippen LogP contribution in [-0.2, 0) is 6.18 Å². The normalized spacial score (nSPS) is 13.4. The number of rotatable bonds is 4. The summed E-state index contributed by atoms with van der Waals surface area (Å²) in [7, 11) is 0. The average molecular weight is 310 g/mol. The Balaban J connectivity index is 2.85. The number of aliphatic hydroxyl groups is 1. The lowest BCUT2D eigenvalue weighted by Gasteiger charge is -2.15. The molecule has 0 radical (unpaired) electrons. The van der Waals surface area contributed by atoms with E-state index in [4.69, 9.17) is 11.6 Å². The first-order valence-electron chi connectivity index (χ1n) is 5.96. The number of hydrogen-bond donors (Lipinski definition) is 2. The Morgan fingerprint density at radius 3 is 2.50 bits per heavy atom. The fraction of sp³-hybridized carbons (Fsp3) is 0.462. The summed E-state index contributed by atoms with van der Waals surface area (Å²) in [6.07, 6.45) is -5.38. The smallest absolute Gasteiger partial charge is 0.391 e. The van der Waals surface area contributed by atoms with Gasteiger partial charge < -0.3 is 10.4 Å². The van der Waals surface area contributed by atoms with Crippen LogP contribution >= 0.6 is 11.6 Å². The molecule has 0 aliphatic carbocycles. The number of nitrogens with one attached hydrogen (secondary N) is 1. The summed E-state index contributed by atoms with van der Waals surface area (Å²) in [5.41, 5.74) is -1.21. The number of benzene rings is 1. The van der Waals surface area contributed by atoms with Crippen LogP contribution in [0.25, 0.3) is 0 Å². The Hall–Kier alpha value is -1.27. The van der Waals surface area contributed by atoms with Crippen molar-refractivity contribution < 1.29 is 23.1 Å². The second kappa shape index (κ2) is 6.45. The van der Waals surface area contributed by atoms with Gasteiger partial charge in [-0.2, -0.15) is 13.2 Å². The first-order valence-corrected chi connectivity index (χ1v) is 6.33. The Morgan fingerprint density at radius 1 is 1.40 bits per heavy atom. The fourth-order valence-electron chi connectivity index (χ4n) is 1.42. The van der Waals surface area contributed by atoms with Crippen molar-refractivity contribution in [3.63, 3.8) is 0 Å². The molecule has 0 spiro atoms. The zero-order valence-electron chi connectivity index (χ0n) is 11.0. The van der Waals surface area contributed by atoms with Gasteiger partial charge >= 0.3 is 6.18 Å². The summed E-state index contributed by atoms with van der Waals surface area (Å²) in [5.74, 6) is -0.752. The molecule has 0 aliphatic rings. The van der Waals surface area contributed by atoms with Crippen LogP contribution in [0.5, 0.6) is 0 Å². The first-order chi connectivity index (χ1) is 9.12. The summed E-state index contributed by atoms with van der Waals surface area (Å²) in [6, 6.07) is 2.92. The molecule has 3 nitrogen and oxygen atoms in total. The van der Waals surface area contributed by atoms with Crippen molar-refractivity contribution in [2.45, 2.75) is 26.1 Å². The summed E-state index contributed by atoms with van der Waals surface area (Å²) in [4.78, 5) is 11.7. The van der Waals surface area contributed by atoms with Crippen LogP contribution in [0.2, 0.25) is 5.02 Å². The topological polar surface area (TPSA) is 49.3 Å². The quantitative estimate of drug-likeness (QED) is 0.898. The maximum atomic E-state index is 12.7. The monoisotopic (exact) mass is 309 g/mol. The van der Waals surface area contributed by atoms with Gasteiger partial charge in [-0.15, -0.1) is 0 Å². The Kier molecular flexibility index (Phi) is 5.42. The van der Waals surface area contributed by atoms with E-state index in [1.807, 2.05) is 0 Å². The molecule has 112 valence electrons. The number of amides is 1. The van der Waals surface area contributed by atoms with Crippen LogP contribution in [-0.4, -0.2) is 23.7 Å². The van der Waals surface area contributed by atoms with Crippen molar-refractivity contribution in [2.75, 3.05) is 6.54 Å². The molecular weight excluding hydrogens is 295 g/mol. The molecule has 7 heteroatoms. The van der Waals surface area contributed by atoms with E-state index >= 15 is 0 Å². The highest BCUT2D eigenvalue weighted by Gasteiger charge is 2.33. The van der Waals surface area contributed by atoms with Gasteiger partial charge in [-0.05, 0) is 24.1 Å². The van der Waals surface area contributed by atoms with E-state index in [2.05, 4.69) is 5.32 Å². The molecule has 20 heavy (non-hydrogen) atoms. The van der Waals surface area contributed by atoms with Gasteiger partial charge in [0.2, 0.25) is 0 Å². The van der Waals surface area contributed by atoms with Crippen LogP contribution < -0.4 is 5.32 Å². The minimum Gasteiger partial charge on any atom is -0.391 e. The lowest BCUT2D eigenvalue weighted by atomic mass is 10.1. The Labute approximate surface area is 119 Å². The van der Waals surface area contributed by atoms with Crippen LogP contribution in [0, 0.1) is 5.92 Å². The number of hydrogen-bond acceptors (Lipinski definition) is 2. The van der Waals surface area contributed by atoms with Gasteiger partial charge in [0.1, 0.15) is 0 Å². The van der Waals surface area contributed by atoms with Crippen molar-refractivity contribution in [2.24, 2.45) is 5.92 Å². The zero-order valence-corrected chi connectivity index (χ0v) is 11.7. The van der Waals surface area contributed by atoms with Crippen molar-refractivity contribution >= 4 is 17.5 Å². The maximum Gasteiger partial charge on any atom is 0.417 e. The molecule has 1 rings (SSSR count). The van der Waals surface area contributed by atoms with Gasteiger partial charge in [-0.25, -0.2) is 0 Å². The minimum absolute atomic E-state index is 0.0273. The van der Waals surface area contributed by atoms with Gasteiger partial charge in [0.25, 0.3) is 5.91 Å². The number of carbonyl (C=O) groups excluding carboxylic acids is 1. The Bertz CT molecular complexity index is 489. The van der Waals surface area contributed by atoms with Gasteiger partial charge in [-0.1, -0.05) is 25.4 Å². The van der Waals surface area contributed by atoms with Crippen molar-refractivity contribution in [3.8, 4) is 0 Å². The molecule has 1 amide bonds. The summed E-state index contributed by atoms with van der Waals surface area (Å²) in [5, 5.41) is 11.5. The summed E-state index contributed by atoms with van der Waals surface area (Å²) in [6.45, 7) is 3.50. The molecule has 1 unspecified atom stereocenters. The Morgan fingerprint density at radius 2 is 2.00 bits per heavy atom. The second-order valence-electron chi connectivity index (χ2n) is 4.71. The first kappa shape index (κ1) is 16.8. The molecule has 0 aliphatic heterocycles. The third kappa shape index (κ3) is 4.38. The third-order valence-electron chi connectivity index (χ3n) is 2.78. The summed E-state index contributed by atoms with van der Waals surface area (Å²) < 4.78 is 38.0. The van der Waals surface area contributed by atoms with Crippen LogP contribution in [0.1, 0.15) is 29.8 Å². The zero-order chi connectivity index (χ0) is 15.5. The van der Waals surface area contributed by atoms with E-state index < -0.39 is 28.8 Å². The van der Waals surface area contributed by atoms with Gasteiger partial charge in [0, 0.05) is 12.1 Å². The molecule has 0 saturated heterocycles. The highest BCUT2D eigenvalue weighted by Crippen LogP contribution is 2.35. The van der Waals surface area contributed by atoms with Crippen LogP contribution in [0.3, 0.4) is 0 Å². The number of alkyl halides is 3. The third-order valence-corrected chi connectivity index (χ3v) is 3.10. The second-order valence-corrected chi connectivity index (χ2v) is 5.12. The standard InChI is InChI=1S/C13H15ClF3NO2/c1-7(2)11(19)6-18-12(20)8-3-4-10(14)9(5-8)13(15,16)17/h3-5,7,11,19H,6H2,1-2H3,(H,18,20). The highest BCUT2D eigenvalue weighted by molar-refractivity contribution is 6.31. The molecule has 1 atom stereocenters. The van der Waals surface area contributed by atoms with Crippen LogP contribution in [0.4, 0.5) is 13.2 Å². The van der Waals surface area contributed by atoms with E-state index in [0.29, 0.717) is 6.07 Å². The number of halogens is 4. The van der Waals surface area contributed by atoms with Crippen molar-refractivity contribution in [1.82, 2.24) is 5.32 Å². The molecular formula is C13H15ClF3NO2. The molecule has 1 aromatic carbocycles. The lowest BCUT2D eigenvalue weighted by molar-refractivity contribution is -0.137. The molecule has 0 fully saturated rings. The largest absolute Gasteiger partial charge is 0.417 e. The fourth-order valence-corrected chi connectivity index (χ4v) is 1.64. The highest BCUT2D eigenvalue weighted by atomic mass is 35.5. The molecule has 0 bridgehead atoms. The van der Waals surface area contributed by atoms with Crippen molar-refractivity contribution in [3.05, 3.63) is 34.3 Å². The van der Waals surface area contributed by atoms with Gasteiger partial charge in [0.05, 0.1) is 16.7 Å². The predicted octanol–water partition coefficient (Wildman–Crippen LogP) is 3.11. The number of aliphatic hydroxyl groups excluding tert-OH is 1. The van der Waals surface area contributed by atoms with Gasteiger partial charge in [-0.3, -0.25) is 4.79 Å². The van der Waals surface area contributed by atoms with E-state index in [1.165, 1.54) is 6.07 Å². The summed E-state index contributed by atoms with van der Waals surface area (Å²) >= 11 is 5.46. The van der Waals surface area contributed by atoms with E-state index in [1.54, 1.807) is 13.8 Å². The molecule has 0 heterocycles. The molecule has 0 aromatic heterocycles. The lowest BCUT2D eigenvalue weighted by Crippen LogP contribution is -2.34. The van der Waals surface area contributed by atoms with Gasteiger partial charge in [0.15, 0.2) is 0 Å². The average Bonchev–Trinajstić information content (AvgIpc) is 2.34. The van der Waals surface area contributed by atoms with E-state index in [0.717, 1.165) is 6.07 Å². The van der Waals surface area contributed by atoms with Crippen molar-refractivity contribution in [1.29, 1.82) is 0 Å². The van der Waals surface area contributed by atoms with E-state index in [-0.39, 0.29) is 18.0 Å². The molecule has 0 saturated carbocycles. The molecule has 2 N–H and O–H groups in total. The van der Waals surface area contributed by atoms with E-state index in [9.17, 15) is 23.1 Å². The number of carbonyl (C=O) groups is 1. The SMILES string of the molecule is CC(C)C(O)CNC(=O)c1ccc(Cl)c(C(F)(F)F)c1. The maximum absolute atomic E-state index is 12.7. The van der Waals surface area contributed by atoms with Crippen LogP contribution in [0.15, 0.2) is 18.2 Å².